The predicted octanol–water partition coefficient (Wildman–Crippen LogP) is 5.02. The standard InChI is InChI=1S/C25H18N4O2/c1-16-5-4-6-20(27-16)25-24(22-7-2-3-14-29(22)28-25)19-12-13-26-21-15-17(8-10-18(19)21)9-11-23(30)31/h2-15H,1H3,(H,30,31)/b11-9+. The van der Waals surface area contributed by atoms with Gasteiger partial charge in [-0.2, -0.15) is 5.10 Å². The van der Waals surface area contributed by atoms with Crippen LogP contribution in [0.15, 0.2) is 79.1 Å². The van der Waals surface area contributed by atoms with Gasteiger partial charge in [-0.05, 0) is 60.5 Å². The van der Waals surface area contributed by atoms with Crippen LogP contribution < -0.4 is 0 Å². The second-order valence-corrected chi connectivity index (χ2v) is 7.22. The van der Waals surface area contributed by atoms with E-state index in [1.807, 2.05) is 78.3 Å². The van der Waals surface area contributed by atoms with E-state index in [0.717, 1.165) is 56.3 Å². The number of hydrogen-bond acceptors (Lipinski definition) is 4. The molecule has 0 amide bonds. The van der Waals surface area contributed by atoms with Crippen LogP contribution >= 0.6 is 0 Å². The van der Waals surface area contributed by atoms with Crippen molar-refractivity contribution in [3.05, 3.63) is 90.4 Å². The number of carboxylic acid groups (broad SMARTS) is 1. The van der Waals surface area contributed by atoms with E-state index in [2.05, 4.69) is 4.98 Å². The second-order valence-electron chi connectivity index (χ2n) is 7.22. The quantitative estimate of drug-likeness (QED) is 0.424. The molecule has 5 rings (SSSR count). The van der Waals surface area contributed by atoms with Gasteiger partial charge in [0.25, 0.3) is 0 Å². The molecule has 0 fully saturated rings. The fourth-order valence-electron chi connectivity index (χ4n) is 3.77. The van der Waals surface area contributed by atoms with Crippen LogP contribution in [0.1, 0.15) is 11.3 Å². The molecule has 31 heavy (non-hydrogen) atoms. The van der Waals surface area contributed by atoms with E-state index in [4.69, 9.17) is 15.2 Å². The highest BCUT2D eigenvalue weighted by Crippen LogP contribution is 2.38. The predicted molar refractivity (Wildman–Crippen MR) is 121 cm³/mol. The Morgan fingerprint density at radius 3 is 2.81 bits per heavy atom. The first-order valence-electron chi connectivity index (χ1n) is 9.82. The monoisotopic (exact) mass is 406 g/mol. The summed E-state index contributed by atoms with van der Waals surface area (Å²) in [4.78, 5) is 20.1. The van der Waals surface area contributed by atoms with E-state index >= 15 is 0 Å². The maximum Gasteiger partial charge on any atom is 0.328 e. The van der Waals surface area contributed by atoms with E-state index in [0.29, 0.717) is 0 Å². The molecule has 4 aromatic heterocycles. The van der Waals surface area contributed by atoms with Gasteiger partial charge in [0, 0.05) is 35.1 Å². The molecular weight excluding hydrogens is 388 g/mol. The number of aryl methyl sites for hydroxylation is 1. The Morgan fingerprint density at radius 2 is 1.97 bits per heavy atom. The lowest BCUT2D eigenvalue weighted by Crippen LogP contribution is -1.91. The number of aromatic nitrogens is 4. The molecule has 6 nitrogen and oxygen atoms in total. The van der Waals surface area contributed by atoms with Gasteiger partial charge in [0.1, 0.15) is 5.69 Å². The number of aliphatic carboxylic acids is 1. The fraction of sp³-hybridized carbons (Fsp3) is 0.0400. The second kappa shape index (κ2) is 7.50. The van der Waals surface area contributed by atoms with Crippen molar-refractivity contribution in [2.24, 2.45) is 0 Å². The molecule has 5 aromatic rings. The van der Waals surface area contributed by atoms with Crippen LogP contribution in [0.3, 0.4) is 0 Å². The van der Waals surface area contributed by atoms with Crippen molar-refractivity contribution in [1.82, 2.24) is 19.6 Å². The van der Waals surface area contributed by atoms with E-state index in [1.165, 1.54) is 0 Å². The van der Waals surface area contributed by atoms with Crippen molar-refractivity contribution >= 4 is 28.5 Å². The summed E-state index contributed by atoms with van der Waals surface area (Å²) in [6, 6.07) is 19.6. The molecule has 0 unspecified atom stereocenters. The Labute approximate surface area is 178 Å². The molecule has 6 heteroatoms. The molecule has 0 aliphatic heterocycles. The highest BCUT2D eigenvalue weighted by molar-refractivity contribution is 6.03. The summed E-state index contributed by atoms with van der Waals surface area (Å²) in [5, 5.41) is 14.7. The third kappa shape index (κ3) is 3.44. The van der Waals surface area contributed by atoms with Gasteiger partial charge >= 0.3 is 5.97 Å². The lowest BCUT2D eigenvalue weighted by atomic mass is 9.97. The van der Waals surface area contributed by atoms with E-state index in [1.54, 1.807) is 12.3 Å². The summed E-state index contributed by atoms with van der Waals surface area (Å²) in [6.07, 6.45) is 6.38. The van der Waals surface area contributed by atoms with Gasteiger partial charge in [-0.15, -0.1) is 0 Å². The van der Waals surface area contributed by atoms with Gasteiger partial charge in [-0.25, -0.2) is 9.31 Å². The van der Waals surface area contributed by atoms with Gasteiger partial charge < -0.3 is 5.11 Å². The van der Waals surface area contributed by atoms with Gasteiger partial charge in [0.15, 0.2) is 0 Å². The number of nitrogens with zero attached hydrogens (tertiary/aromatic N) is 4. The first-order valence-corrected chi connectivity index (χ1v) is 9.82. The zero-order valence-corrected chi connectivity index (χ0v) is 16.7. The Kier molecular flexibility index (Phi) is 4.52. The third-order valence-corrected chi connectivity index (χ3v) is 5.13. The Balaban J connectivity index is 1.77. The van der Waals surface area contributed by atoms with Crippen LogP contribution in [0.2, 0.25) is 0 Å². The van der Waals surface area contributed by atoms with E-state index < -0.39 is 5.97 Å². The number of benzene rings is 1. The zero-order valence-electron chi connectivity index (χ0n) is 16.7. The van der Waals surface area contributed by atoms with Crippen LogP contribution in [-0.4, -0.2) is 30.7 Å². The summed E-state index contributed by atoms with van der Waals surface area (Å²) in [7, 11) is 0. The highest BCUT2D eigenvalue weighted by Gasteiger charge is 2.19. The summed E-state index contributed by atoms with van der Waals surface area (Å²) in [5.74, 6) is -0.983. The summed E-state index contributed by atoms with van der Waals surface area (Å²) >= 11 is 0. The van der Waals surface area contributed by atoms with Crippen LogP contribution in [0.5, 0.6) is 0 Å². The zero-order chi connectivity index (χ0) is 21.4. The molecule has 0 spiro atoms. The molecule has 4 heterocycles. The van der Waals surface area contributed by atoms with Gasteiger partial charge in [-0.1, -0.05) is 24.3 Å². The number of rotatable bonds is 4. The summed E-state index contributed by atoms with van der Waals surface area (Å²) in [6.45, 7) is 1.97. The van der Waals surface area contributed by atoms with E-state index in [-0.39, 0.29) is 0 Å². The first-order chi connectivity index (χ1) is 15.1. The molecule has 0 saturated carbocycles. The summed E-state index contributed by atoms with van der Waals surface area (Å²) < 4.78 is 1.87. The maximum atomic E-state index is 10.8. The lowest BCUT2D eigenvalue weighted by molar-refractivity contribution is -0.131. The van der Waals surface area contributed by atoms with Crippen molar-refractivity contribution in [2.75, 3.05) is 0 Å². The van der Waals surface area contributed by atoms with Crippen molar-refractivity contribution in [1.29, 1.82) is 0 Å². The average molecular weight is 406 g/mol. The molecule has 0 aliphatic rings. The fourth-order valence-corrected chi connectivity index (χ4v) is 3.77. The van der Waals surface area contributed by atoms with Crippen molar-refractivity contribution in [3.63, 3.8) is 0 Å². The normalized spacial score (nSPS) is 11.5. The smallest absolute Gasteiger partial charge is 0.328 e. The molecule has 0 radical (unpaired) electrons. The van der Waals surface area contributed by atoms with Crippen LogP contribution in [0.4, 0.5) is 0 Å². The average Bonchev–Trinajstić information content (AvgIpc) is 3.16. The largest absolute Gasteiger partial charge is 0.478 e. The summed E-state index contributed by atoms with van der Waals surface area (Å²) in [5.41, 5.74) is 7.06. The van der Waals surface area contributed by atoms with Crippen LogP contribution in [0.25, 0.3) is 45.0 Å². The minimum Gasteiger partial charge on any atom is -0.478 e. The number of pyridine rings is 3. The SMILES string of the molecule is Cc1cccc(-c2nn3ccccc3c2-c2ccnc3cc(/C=C/C(=O)O)ccc23)n1. The Bertz CT molecular complexity index is 1480. The van der Waals surface area contributed by atoms with Crippen LogP contribution in [-0.2, 0) is 4.79 Å². The van der Waals surface area contributed by atoms with Crippen molar-refractivity contribution in [2.45, 2.75) is 6.92 Å². The number of hydrogen-bond donors (Lipinski definition) is 1. The van der Waals surface area contributed by atoms with Crippen LogP contribution in [0, 0.1) is 6.92 Å². The molecule has 0 saturated heterocycles. The van der Waals surface area contributed by atoms with Crippen molar-refractivity contribution in [3.8, 4) is 22.5 Å². The maximum absolute atomic E-state index is 10.8. The molecule has 1 N–H and O–H groups in total. The highest BCUT2D eigenvalue weighted by atomic mass is 16.4. The number of carboxylic acids is 1. The first kappa shape index (κ1) is 18.7. The molecular formula is C25H18N4O2. The number of fused-ring (bicyclic) bond motifs is 2. The topological polar surface area (TPSA) is 80.4 Å². The molecule has 0 atom stereocenters. The third-order valence-electron chi connectivity index (χ3n) is 5.13. The Morgan fingerprint density at radius 1 is 1.06 bits per heavy atom. The van der Waals surface area contributed by atoms with Crippen molar-refractivity contribution < 1.29 is 9.90 Å². The van der Waals surface area contributed by atoms with Gasteiger partial charge in [0.05, 0.1) is 16.7 Å². The van der Waals surface area contributed by atoms with Gasteiger partial charge in [0.2, 0.25) is 0 Å². The molecule has 1 aromatic carbocycles. The molecule has 0 aliphatic carbocycles. The number of carbonyl (C=O) groups is 1. The van der Waals surface area contributed by atoms with E-state index in [9.17, 15) is 4.79 Å². The minimum atomic E-state index is -0.983. The van der Waals surface area contributed by atoms with Gasteiger partial charge in [-0.3, -0.25) is 9.97 Å². The minimum absolute atomic E-state index is 0.778. The molecule has 150 valence electrons. The lowest BCUT2D eigenvalue weighted by Gasteiger charge is -2.08. The molecule has 0 bridgehead atoms. The Hall–Kier alpha value is -4.32.